The summed E-state index contributed by atoms with van der Waals surface area (Å²) in [7, 11) is -2.59. The number of aryl methyl sites for hydroxylation is 1. The Hall–Kier alpha value is -5.06. The minimum Gasteiger partial charge on any atom is -0.351 e. The Morgan fingerprint density at radius 2 is 1.60 bits per heavy atom. The normalized spacial score (nSPS) is 12.0. The second-order valence-electron chi connectivity index (χ2n) is 13.1. The van der Waals surface area contributed by atoms with Crippen LogP contribution in [0.2, 0.25) is 0 Å². The molecule has 0 aliphatic rings. The molecule has 0 saturated carbocycles. The number of aromatic nitrogens is 2. The van der Waals surface area contributed by atoms with Crippen molar-refractivity contribution in [2.75, 3.05) is 24.4 Å². The first kappa shape index (κ1) is 34.8. The van der Waals surface area contributed by atoms with E-state index in [0.717, 1.165) is 51.2 Å². The number of benzene rings is 4. The van der Waals surface area contributed by atoms with Crippen molar-refractivity contribution in [2.45, 2.75) is 51.6 Å². The molecule has 0 saturated heterocycles. The van der Waals surface area contributed by atoms with E-state index in [4.69, 9.17) is 4.98 Å². The third-order valence-corrected chi connectivity index (χ3v) is 11.2. The molecule has 0 fully saturated rings. The number of H-pyrrole nitrogens is 1. The van der Waals surface area contributed by atoms with Crippen LogP contribution in [0.5, 0.6) is 0 Å². The lowest BCUT2D eigenvalue weighted by molar-refractivity contribution is 0.0939. The van der Waals surface area contributed by atoms with E-state index < -0.39 is 15.8 Å². The standard InChI is InChI=1S/C40H42FN5O3S/c1-25(2)46(26(3)4)21-20-42-40(47)30-15-13-28(14-16-30)34-24-43-39-38(37(34)29-10-8-7-9-11-29)33-23-32(18-19-35(33)44-39)45(6)50(48,49)36-22-31(41)17-12-27(36)5/h7-19,22-26H,20-21H2,1-6H3,(H,42,47)(H,43,44). The first-order valence-corrected chi connectivity index (χ1v) is 18.2. The minimum atomic E-state index is -4.06. The highest BCUT2D eigenvalue weighted by atomic mass is 32.2. The quantitative estimate of drug-likeness (QED) is 0.143. The van der Waals surface area contributed by atoms with Crippen molar-refractivity contribution in [1.29, 1.82) is 0 Å². The Bertz CT molecular complexity index is 2280. The lowest BCUT2D eigenvalue weighted by Gasteiger charge is -2.30. The van der Waals surface area contributed by atoms with Gasteiger partial charge >= 0.3 is 0 Å². The van der Waals surface area contributed by atoms with Crippen LogP contribution in [0.1, 0.15) is 43.6 Å². The van der Waals surface area contributed by atoms with E-state index in [1.165, 1.54) is 23.5 Å². The molecule has 0 atom stereocenters. The molecule has 1 amide bonds. The molecule has 0 spiro atoms. The van der Waals surface area contributed by atoms with Gasteiger partial charge in [0.05, 0.1) is 10.6 Å². The number of halogens is 1. The molecule has 6 aromatic rings. The summed E-state index contributed by atoms with van der Waals surface area (Å²) in [4.78, 5) is 23.5. The molecule has 8 nitrogen and oxygen atoms in total. The van der Waals surface area contributed by atoms with Gasteiger partial charge in [0.1, 0.15) is 11.5 Å². The maximum absolute atomic E-state index is 14.1. The van der Waals surface area contributed by atoms with Gasteiger partial charge in [-0.25, -0.2) is 17.8 Å². The van der Waals surface area contributed by atoms with Gasteiger partial charge in [-0.3, -0.25) is 14.0 Å². The van der Waals surface area contributed by atoms with Gasteiger partial charge in [-0.1, -0.05) is 48.5 Å². The highest BCUT2D eigenvalue weighted by molar-refractivity contribution is 7.92. The monoisotopic (exact) mass is 691 g/mol. The fourth-order valence-electron chi connectivity index (χ4n) is 6.62. The Morgan fingerprint density at radius 1 is 0.900 bits per heavy atom. The molecule has 0 unspecified atom stereocenters. The van der Waals surface area contributed by atoms with Gasteiger partial charge in [0.15, 0.2) is 0 Å². The molecule has 2 aromatic heterocycles. The third kappa shape index (κ3) is 6.73. The van der Waals surface area contributed by atoms with Crippen LogP contribution in [0.25, 0.3) is 44.2 Å². The van der Waals surface area contributed by atoms with Crippen molar-refractivity contribution >= 4 is 43.6 Å². The zero-order valence-electron chi connectivity index (χ0n) is 29.2. The van der Waals surface area contributed by atoms with Crippen LogP contribution in [0, 0.1) is 12.7 Å². The predicted octanol–water partition coefficient (Wildman–Crippen LogP) is 8.17. The van der Waals surface area contributed by atoms with Gasteiger partial charge in [-0.15, -0.1) is 0 Å². The van der Waals surface area contributed by atoms with Crippen molar-refractivity contribution in [3.63, 3.8) is 0 Å². The molecule has 258 valence electrons. The van der Waals surface area contributed by atoms with Crippen LogP contribution in [-0.2, 0) is 10.0 Å². The summed E-state index contributed by atoms with van der Waals surface area (Å²) in [6.07, 6.45) is 1.83. The highest BCUT2D eigenvalue weighted by Gasteiger charge is 2.25. The number of carbonyl (C=O) groups excluding carboxylic acids is 1. The molecule has 2 N–H and O–H groups in total. The average molecular weight is 692 g/mol. The predicted molar refractivity (Wildman–Crippen MR) is 201 cm³/mol. The lowest BCUT2D eigenvalue weighted by atomic mass is 9.92. The second kappa shape index (κ2) is 14.0. The van der Waals surface area contributed by atoms with Gasteiger partial charge in [0, 0.05) is 71.4 Å². The molecule has 0 bridgehead atoms. The number of rotatable bonds is 11. The SMILES string of the molecule is Cc1ccc(F)cc1S(=O)(=O)N(C)c1ccc2[nH]c3ncc(-c4ccc(C(=O)NCCN(C(C)C)C(C)C)cc4)c(-c4ccccc4)c3c2c1. The molecule has 4 aromatic carbocycles. The number of pyridine rings is 1. The topological polar surface area (TPSA) is 98.4 Å². The van der Waals surface area contributed by atoms with Gasteiger partial charge in [0.2, 0.25) is 0 Å². The number of aromatic amines is 1. The summed E-state index contributed by atoms with van der Waals surface area (Å²) in [5, 5.41) is 4.68. The fourth-order valence-corrected chi connectivity index (χ4v) is 8.04. The van der Waals surface area contributed by atoms with E-state index in [2.05, 4.69) is 42.9 Å². The van der Waals surface area contributed by atoms with E-state index in [9.17, 15) is 17.6 Å². The minimum absolute atomic E-state index is 0.0850. The third-order valence-electron chi connectivity index (χ3n) is 9.26. The summed E-state index contributed by atoms with van der Waals surface area (Å²) >= 11 is 0. The average Bonchev–Trinajstić information content (AvgIpc) is 3.48. The summed E-state index contributed by atoms with van der Waals surface area (Å²) in [6.45, 7) is 11.6. The van der Waals surface area contributed by atoms with Crippen molar-refractivity contribution in [3.05, 3.63) is 114 Å². The van der Waals surface area contributed by atoms with Crippen LogP contribution < -0.4 is 9.62 Å². The van der Waals surface area contributed by atoms with Crippen LogP contribution in [-0.4, -0.2) is 61.4 Å². The molecule has 2 heterocycles. The number of nitrogens with zero attached hydrogens (tertiary/aromatic N) is 3. The Balaban J connectivity index is 1.40. The van der Waals surface area contributed by atoms with Crippen molar-refractivity contribution in [1.82, 2.24) is 20.2 Å². The molecular weight excluding hydrogens is 650 g/mol. The van der Waals surface area contributed by atoms with E-state index in [0.29, 0.717) is 41.1 Å². The molecule has 10 heteroatoms. The van der Waals surface area contributed by atoms with E-state index in [1.54, 1.807) is 13.0 Å². The van der Waals surface area contributed by atoms with Crippen LogP contribution >= 0.6 is 0 Å². The Kier molecular flexibility index (Phi) is 9.78. The number of anilines is 1. The first-order valence-electron chi connectivity index (χ1n) is 16.8. The molecule has 6 rings (SSSR count). The largest absolute Gasteiger partial charge is 0.351 e. The van der Waals surface area contributed by atoms with Crippen molar-refractivity contribution in [2.24, 2.45) is 0 Å². The maximum atomic E-state index is 14.1. The molecule has 0 radical (unpaired) electrons. The Morgan fingerprint density at radius 3 is 2.28 bits per heavy atom. The van der Waals surface area contributed by atoms with Gasteiger partial charge in [-0.2, -0.15) is 0 Å². The number of carbonyl (C=O) groups is 1. The number of hydrogen-bond acceptors (Lipinski definition) is 5. The smallest absolute Gasteiger partial charge is 0.264 e. The molecular formula is C40H42FN5O3S. The first-order chi connectivity index (χ1) is 23.9. The van der Waals surface area contributed by atoms with Crippen molar-refractivity contribution in [3.8, 4) is 22.3 Å². The van der Waals surface area contributed by atoms with E-state index >= 15 is 0 Å². The lowest BCUT2D eigenvalue weighted by Crippen LogP contribution is -2.42. The number of fused-ring (bicyclic) bond motifs is 3. The summed E-state index contributed by atoms with van der Waals surface area (Å²) in [5.74, 6) is -0.744. The van der Waals surface area contributed by atoms with Gasteiger partial charge < -0.3 is 10.3 Å². The maximum Gasteiger partial charge on any atom is 0.264 e. The zero-order valence-corrected chi connectivity index (χ0v) is 30.0. The van der Waals surface area contributed by atoms with E-state index in [-0.39, 0.29) is 10.8 Å². The second-order valence-corrected chi connectivity index (χ2v) is 15.1. The fraction of sp³-hybridized carbons (Fsp3) is 0.250. The summed E-state index contributed by atoms with van der Waals surface area (Å²) in [5.41, 5.74) is 6.52. The van der Waals surface area contributed by atoms with Crippen LogP contribution in [0.4, 0.5) is 10.1 Å². The number of nitrogens with one attached hydrogen (secondary N) is 2. The molecule has 0 aliphatic heterocycles. The van der Waals surface area contributed by atoms with Gasteiger partial charge in [0.25, 0.3) is 15.9 Å². The Labute approximate surface area is 293 Å². The number of hydrogen-bond donors (Lipinski definition) is 2. The highest BCUT2D eigenvalue weighted by Crippen LogP contribution is 2.41. The number of sulfonamides is 1. The molecule has 0 aliphatic carbocycles. The van der Waals surface area contributed by atoms with Gasteiger partial charge in [-0.05, 0) is 93.8 Å². The summed E-state index contributed by atoms with van der Waals surface area (Å²) in [6, 6.07) is 27.4. The summed E-state index contributed by atoms with van der Waals surface area (Å²) < 4.78 is 42.7. The molecule has 50 heavy (non-hydrogen) atoms. The van der Waals surface area contributed by atoms with Crippen LogP contribution in [0.3, 0.4) is 0 Å². The van der Waals surface area contributed by atoms with Crippen molar-refractivity contribution < 1.29 is 17.6 Å². The van der Waals surface area contributed by atoms with E-state index in [1.807, 2.05) is 72.9 Å². The zero-order chi connectivity index (χ0) is 35.7. The number of amides is 1. The van der Waals surface area contributed by atoms with Crippen LogP contribution in [0.15, 0.2) is 102 Å².